The van der Waals surface area contributed by atoms with E-state index < -0.39 is 0 Å². The topological polar surface area (TPSA) is 59.8 Å². The Morgan fingerprint density at radius 2 is 2.21 bits per heavy atom. The first-order chi connectivity index (χ1) is 11.7. The molecule has 2 aromatic heterocycles. The first-order valence-electron chi connectivity index (χ1n) is 7.30. The van der Waals surface area contributed by atoms with Crippen molar-refractivity contribution in [1.29, 1.82) is 0 Å². The van der Waals surface area contributed by atoms with Crippen LogP contribution in [-0.4, -0.2) is 20.7 Å². The fourth-order valence-corrected chi connectivity index (χ4v) is 3.38. The third-order valence-corrected chi connectivity index (χ3v) is 4.89. The fourth-order valence-electron chi connectivity index (χ4n) is 2.24. The number of halogens is 1. The molecule has 0 aliphatic heterocycles. The van der Waals surface area contributed by atoms with Crippen LogP contribution in [-0.2, 0) is 11.3 Å². The number of hydrogen-bond acceptors (Lipinski definition) is 4. The van der Waals surface area contributed by atoms with Gasteiger partial charge in [0.1, 0.15) is 12.7 Å². The average Bonchev–Trinajstić information content (AvgIpc) is 3.25. The number of hydrogen-bond donors (Lipinski definition) is 1. The number of rotatable bonds is 6. The highest BCUT2D eigenvalue weighted by atomic mass is 79.9. The van der Waals surface area contributed by atoms with Crippen LogP contribution in [0.25, 0.3) is 6.08 Å². The number of nitrogens with zero attached hydrogens (tertiary/aromatic N) is 3. The number of carbonyl (C=O) groups is 1. The van der Waals surface area contributed by atoms with Gasteiger partial charge in [-0.2, -0.15) is 5.10 Å². The van der Waals surface area contributed by atoms with Crippen LogP contribution >= 0.6 is 27.3 Å². The molecule has 0 aliphatic rings. The predicted octanol–water partition coefficient (Wildman–Crippen LogP) is 3.67. The predicted molar refractivity (Wildman–Crippen MR) is 98.4 cm³/mol. The highest BCUT2D eigenvalue weighted by Gasteiger charge is 2.14. The first kappa shape index (κ1) is 16.6. The van der Waals surface area contributed by atoms with E-state index in [2.05, 4.69) is 31.3 Å². The molecule has 0 saturated heterocycles. The number of benzene rings is 1. The lowest BCUT2D eigenvalue weighted by atomic mass is 10.1. The number of nitrogens with one attached hydrogen (secondary N) is 1. The second-order valence-corrected chi connectivity index (χ2v) is 7.40. The summed E-state index contributed by atoms with van der Waals surface area (Å²) < 4.78 is 2.74. The molecular weight excluding hydrogens is 388 g/mol. The van der Waals surface area contributed by atoms with E-state index in [0.29, 0.717) is 6.54 Å². The molecule has 0 fully saturated rings. The van der Waals surface area contributed by atoms with Gasteiger partial charge in [-0.15, -0.1) is 11.3 Å². The van der Waals surface area contributed by atoms with Gasteiger partial charge in [0.15, 0.2) is 0 Å². The van der Waals surface area contributed by atoms with Gasteiger partial charge in [0, 0.05) is 6.08 Å². The molecule has 3 aromatic rings. The summed E-state index contributed by atoms with van der Waals surface area (Å²) in [6.45, 7) is 0.521. The van der Waals surface area contributed by atoms with Crippen LogP contribution < -0.4 is 5.32 Å². The zero-order valence-electron chi connectivity index (χ0n) is 12.7. The maximum Gasteiger partial charge on any atom is 0.244 e. The van der Waals surface area contributed by atoms with Crippen molar-refractivity contribution in [3.05, 3.63) is 75.4 Å². The van der Waals surface area contributed by atoms with E-state index in [1.165, 1.54) is 6.33 Å². The molecule has 0 radical (unpaired) electrons. The lowest BCUT2D eigenvalue weighted by Crippen LogP contribution is -2.30. The molecule has 0 bridgehead atoms. The van der Waals surface area contributed by atoms with Gasteiger partial charge < -0.3 is 5.32 Å². The molecule has 3 rings (SSSR count). The summed E-state index contributed by atoms with van der Waals surface area (Å²) in [4.78, 5) is 16.2. The molecule has 1 amide bonds. The molecular formula is C17H15BrN4OS. The van der Waals surface area contributed by atoms with E-state index >= 15 is 0 Å². The second kappa shape index (κ2) is 8.03. The lowest BCUT2D eigenvalue weighted by Gasteiger charge is -2.18. The van der Waals surface area contributed by atoms with E-state index in [1.807, 2.05) is 41.8 Å². The van der Waals surface area contributed by atoms with Crippen LogP contribution in [0.4, 0.5) is 0 Å². The van der Waals surface area contributed by atoms with Gasteiger partial charge in [-0.1, -0.05) is 30.3 Å². The van der Waals surface area contributed by atoms with Crippen molar-refractivity contribution in [2.45, 2.75) is 12.6 Å². The Morgan fingerprint density at radius 1 is 1.38 bits per heavy atom. The van der Waals surface area contributed by atoms with Crippen LogP contribution in [0.15, 0.2) is 64.3 Å². The quantitative estimate of drug-likeness (QED) is 0.639. The Balaban J connectivity index is 1.71. The van der Waals surface area contributed by atoms with Gasteiger partial charge in [-0.25, -0.2) is 4.98 Å². The monoisotopic (exact) mass is 402 g/mol. The summed E-state index contributed by atoms with van der Waals surface area (Å²) in [5, 5.41) is 9.13. The van der Waals surface area contributed by atoms with Crippen molar-refractivity contribution in [3.8, 4) is 0 Å². The molecule has 2 heterocycles. The van der Waals surface area contributed by atoms with E-state index in [-0.39, 0.29) is 11.9 Å². The molecule has 1 atom stereocenters. The summed E-state index contributed by atoms with van der Waals surface area (Å²) >= 11 is 5.00. The van der Waals surface area contributed by atoms with Crippen molar-refractivity contribution in [2.24, 2.45) is 0 Å². The van der Waals surface area contributed by atoms with Crippen LogP contribution in [0.5, 0.6) is 0 Å². The van der Waals surface area contributed by atoms with Crippen molar-refractivity contribution in [2.75, 3.05) is 0 Å². The molecule has 122 valence electrons. The summed E-state index contributed by atoms with van der Waals surface area (Å²) in [7, 11) is 0. The molecule has 5 nitrogen and oxygen atoms in total. The largest absolute Gasteiger partial charge is 0.344 e. The molecule has 0 saturated carbocycles. The molecule has 0 spiro atoms. The first-order valence-corrected chi connectivity index (χ1v) is 8.98. The number of carbonyl (C=O) groups excluding carboxylic acids is 1. The maximum absolute atomic E-state index is 12.3. The summed E-state index contributed by atoms with van der Waals surface area (Å²) in [5.41, 5.74) is 2.02. The molecule has 7 heteroatoms. The number of aromatic nitrogens is 3. The zero-order valence-corrected chi connectivity index (χ0v) is 15.1. The Morgan fingerprint density at radius 3 is 2.88 bits per heavy atom. The van der Waals surface area contributed by atoms with Crippen molar-refractivity contribution < 1.29 is 4.79 Å². The average molecular weight is 403 g/mol. The smallest absolute Gasteiger partial charge is 0.244 e. The van der Waals surface area contributed by atoms with E-state index in [0.717, 1.165) is 14.9 Å². The standard InChI is InChI=1S/C17H15BrN4OS/c18-16-8-13(10-24-16)6-7-17(23)21-15(9-22-12-19-11-20-22)14-4-2-1-3-5-14/h1-8,10-12,15H,9H2,(H,21,23). The highest BCUT2D eigenvalue weighted by molar-refractivity contribution is 9.11. The minimum absolute atomic E-state index is 0.147. The van der Waals surface area contributed by atoms with Gasteiger partial charge in [-0.05, 0) is 44.6 Å². The van der Waals surface area contributed by atoms with Crippen molar-refractivity contribution in [3.63, 3.8) is 0 Å². The Hall–Kier alpha value is -2.25. The Labute approximate surface area is 152 Å². The SMILES string of the molecule is O=C(C=Cc1csc(Br)c1)NC(Cn1cncn1)c1ccccc1. The summed E-state index contributed by atoms with van der Waals surface area (Å²) in [6, 6.07) is 11.6. The van der Waals surface area contributed by atoms with E-state index in [9.17, 15) is 4.79 Å². The Kier molecular flexibility index (Phi) is 5.55. The molecule has 24 heavy (non-hydrogen) atoms. The molecule has 0 aliphatic carbocycles. The van der Waals surface area contributed by atoms with E-state index in [1.54, 1.807) is 34.5 Å². The van der Waals surface area contributed by atoms with Gasteiger partial charge in [-0.3, -0.25) is 9.48 Å². The Bertz CT molecular complexity index is 814. The van der Waals surface area contributed by atoms with Gasteiger partial charge >= 0.3 is 0 Å². The molecule has 1 N–H and O–H groups in total. The van der Waals surface area contributed by atoms with Crippen LogP contribution in [0.2, 0.25) is 0 Å². The van der Waals surface area contributed by atoms with Gasteiger partial charge in [0.25, 0.3) is 0 Å². The van der Waals surface area contributed by atoms with Crippen molar-refractivity contribution >= 4 is 39.2 Å². The minimum Gasteiger partial charge on any atom is -0.344 e. The van der Waals surface area contributed by atoms with Crippen LogP contribution in [0, 0.1) is 0 Å². The zero-order chi connectivity index (χ0) is 16.8. The normalized spacial score (nSPS) is 12.4. The number of amides is 1. The highest BCUT2D eigenvalue weighted by Crippen LogP contribution is 2.21. The lowest BCUT2D eigenvalue weighted by molar-refractivity contribution is -0.117. The van der Waals surface area contributed by atoms with E-state index in [4.69, 9.17) is 0 Å². The third-order valence-electron chi connectivity index (χ3n) is 3.37. The van der Waals surface area contributed by atoms with Crippen LogP contribution in [0.1, 0.15) is 17.2 Å². The van der Waals surface area contributed by atoms with Gasteiger partial charge in [0.2, 0.25) is 5.91 Å². The molecule has 1 aromatic carbocycles. The minimum atomic E-state index is -0.181. The van der Waals surface area contributed by atoms with Crippen molar-refractivity contribution in [1.82, 2.24) is 20.1 Å². The molecule has 1 unspecified atom stereocenters. The summed E-state index contributed by atoms with van der Waals surface area (Å²) in [6.07, 6.45) is 6.47. The van der Waals surface area contributed by atoms with Crippen LogP contribution in [0.3, 0.4) is 0 Å². The summed E-state index contributed by atoms with van der Waals surface area (Å²) in [5.74, 6) is -0.147. The third kappa shape index (κ3) is 4.62. The second-order valence-electron chi connectivity index (χ2n) is 5.11. The fraction of sp³-hybridized carbons (Fsp3) is 0.118. The number of thiophene rings is 1. The van der Waals surface area contributed by atoms with Gasteiger partial charge in [0.05, 0.1) is 16.4 Å². The maximum atomic E-state index is 12.3.